The smallest absolute Gasteiger partial charge is 0.328 e. The zero-order valence-electron chi connectivity index (χ0n) is 11.4. The number of nitrogens with zero attached hydrogens (tertiary/aromatic N) is 2. The van der Waals surface area contributed by atoms with Gasteiger partial charge < -0.3 is 15.0 Å². The first kappa shape index (κ1) is 15.4. The second-order valence-electron chi connectivity index (χ2n) is 4.70. The van der Waals surface area contributed by atoms with Gasteiger partial charge in [-0.15, -0.1) is 0 Å². The molecule has 2 rings (SSSR count). The van der Waals surface area contributed by atoms with Gasteiger partial charge in [-0.2, -0.15) is 11.8 Å². The zero-order chi connectivity index (χ0) is 15.6. The third kappa shape index (κ3) is 3.18. The van der Waals surface area contributed by atoms with Gasteiger partial charge in [-0.1, -0.05) is 0 Å². The van der Waals surface area contributed by atoms with Gasteiger partial charge in [0.1, 0.15) is 5.56 Å². The van der Waals surface area contributed by atoms with Crippen molar-refractivity contribution < 1.29 is 14.7 Å². The molecular weight excluding hydrogens is 298 g/mol. The van der Waals surface area contributed by atoms with Crippen LogP contribution in [0.5, 0.6) is 0 Å². The van der Waals surface area contributed by atoms with Crippen molar-refractivity contribution in [2.75, 3.05) is 18.1 Å². The predicted octanol–water partition coefficient (Wildman–Crippen LogP) is -0.894. The maximum atomic E-state index is 12.5. The Hall–Kier alpha value is -2.03. The van der Waals surface area contributed by atoms with Gasteiger partial charge in [-0.25, -0.2) is 4.79 Å². The van der Waals surface area contributed by atoms with Gasteiger partial charge in [0.2, 0.25) is 0 Å². The summed E-state index contributed by atoms with van der Waals surface area (Å²) in [6.07, 6.45) is 0.926. The van der Waals surface area contributed by atoms with Gasteiger partial charge in [0.05, 0.1) is 12.5 Å². The SMILES string of the molecule is Cn1c(=O)[nH]cc(C(=O)N2CCSCC2CC(=O)O)c1=O. The van der Waals surface area contributed by atoms with E-state index in [-0.39, 0.29) is 12.0 Å². The summed E-state index contributed by atoms with van der Waals surface area (Å²) >= 11 is 1.57. The molecule has 8 nitrogen and oxygen atoms in total. The number of hydrogen-bond donors (Lipinski definition) is 2. The lowest BCUT2D eigenvalue weighted by Gasteiger charge is -2.34. The van der Waals surface area contributed by atoms with Crippen molar-refractivity contribution in [3.63, 3.8) is 0 Å². The summed E-state index contributed by atoms with van der Waals surface area (Å²) < 4.78 is 0.818. The number of amides is 1. The molecule has 1 aromatic rings. The molecule has 1 atom stereocenters. The number of thioether (sulfide) groups is 1. The number of H-pyrrole nitrogens is 1. The summed E-state index contributed by atoms with van der Waals surface area (Å²) in [7, 11) is 1.28. The van der Waals surface area contributed by atoms with Gasteiger partial charge in [0.15, 0.2) is 0 Å². The number of aliphatic carboxylic acids is 1. The fraction of sp³-hybridized carbons (Fsp3) is 0.500. The standard InChI is InChI=1S/C12H15N3O5S/c1-14-10(18)8(5-13-12(14)20)11(19)15-2-3-21-6-7(15)4-9(16)17/h5,7H,2-4,6H2,1H3,(H,13,20)(H,16,17). The van der Waals surface area contributed by atoms with Crippen LogP contribution in [-0.2, 0) is 11.8 Å². The van der Waals surface area contributed by atoms with E-state index in [1.165, 1.54) is 11.9 Å². The lowest BCUT2D eigenvalue weighted by Crippen LogP contribution is -2.49. The number of carbonyl (C=O) groups excluding carboxylic acids is 1. The third-order valence-corrected chi connectivity index (χ3v) is 4.40. The average Bonchev–Trinajstić information content (AvgIpc) is 2.44. The fourth-order valence-electron chi connectivity index (χ4n) is 2.17. The molecule has 0 aliphatic carbocycles. The molecule has 2 N–H and O–H groups in total. The van der Waals surface area contributed by atoms with Crippen LogP contribution in [0.1, 0.15) is 16.8 Å². The molecule has 1 saturated heterocycles. The first-order valence-corrected chi connectivity index (χ1v) is 7.46. The Morgan fingerprint density at radius 1 is 1.48 bits per heavy atom. The monoisotopic (exact) mass is 313 g/mol. The Morgan fingerprint density at radius 3 is 2.86 bits per heavy atom. The van der Waals surface area contributed by atoms with Gasteiger partial charge in [-0.3, -0.25) is 19.0 Å². The molecule has 21 heavy (non-hydrogen) atoms. The third-order valence-electron chi connectivity index (χ3n) is 3.31. The van der Waals surface area contributed by atoms with Crippen LogP contribution in [0.4, 0.5) is 0 Å². The molecule has 1 unspecified atom stereocenters. The second-order valence-corrected chi connectivity index (χ2v) is 5.85. The Morgan fingerprint density at radius 2 is 2.19 bits per heavy atom. The van der Waals surface area contributed by atoms with Crippen LogP contribution in [0, 0.1) is 0 Å². The molecule has 9 heteroatoms. The number of carboxylic acid groups (broad SMARTS) is 1. The molecule has 1 aliphatic rings. The number of nitrogens with one attached hydrogen (secondary N) is 1. The molecule has 1 amide bonds. The van der Waals surface area contributed by atoms with Crippen LogP contribution in [-0.4, -0.2) is 55.5 Å². The number of aromatic nitrogens is 2. The summed E-state index contributed by atoms with van der Waals surface area (Å²) in [5.41, 5.74) is -1.44. The number of carbonyl (C=O) groups is 2. The molecule has 0 aromatic carbocycles. The summed E-state index contributed by atoms with van der Waals surface area (Å²) in [4.78, 5) is 50.3. The van der Waals surface area contributed by atoms with Gasteiger partial charge in [-0.05, 0) is 0 Å². The van der Waals surface area contributed by atoms with E-state index < -0.39 is 29.2 Å². The quantitative estimate of drug-likeness (QED) is 0.748. The maximum Gasteiger partial charge on any atom is 0.328 e. The summed E-state index contributed by atoms with van der Waals surface area (Å²) in [6.45, 7) is 0.379. The van der Waals surface area contributed by atoms with E-state index in [0.717, 1.165) is 10.8 Å². The van der Waals surface area contributed by atoms with Crippen LogP contribution in [0.2, 0.25) is 0 Å². The van der Waals surface area contributed by atoms with Crippen molar-refractivity contribution in [2.45, 2.75) is 12.5 Å². The molecule has 1 fully saturated rings. The lowest BCUT2D eigenvalue weighted by atomic mass is 10.1. The molecule has 1 aliphatic heterocycles. The van der Waals surface area contributed by atoms with Crippen molar-refractivity contribution in [2.24, 2.45) is 7.05 Å². The number of hydrogen-bond acceptors (Lipinski definition) is 5. The summed E-state index contributed by atoms with van der Waals surface area (Å²) in [5, 5.41) is 8.91. The molecule has 0 radical (unpaired) electrons. The molecule has 0 bridgehead atoms. The van der Waals surface area contributed by atoms with E-state index in [1.54, 1.807) is 11.8 Å². The minimum absolute atomic E-state index is 0.153. The minimum Gasteiger partial charge on any atom is -0.481 e. The first-order chi connectivity index (χ1) is 9.91. The number of aromatic amines is 1. The molecule has 114 valence electrons. The molecular formula is C12H15N3O5S. The van der Waals surface area contributed by atoms with E-state index >= 15 is 0 Å². The Labute approximate surface area is 123 Å². The fourth-order valence-corrected chi connectivity index (χ4v) is 3.23. The normalized spacial score (nSPS) is 18.5. The highest BCUT2D eigenvalue weighted by atomic mass is 32.2. The highest BCUT2D eigenvalue weighted by Crippen LogP contribution is 2.20. The van der Waals surface area contributed by atoms with Gasteiger partial charge in [0, 0.05) is 31.3 Å². The van der Waals surface area contributed by atoms with Crippen LogP contribution in [0.15, 0.2) is 15.8 Å². The summed E-state index contributed by atoms with van der Waals surface area (Å²) in [6, 6.07) is -0.453. The largest absolute Gasteiger partial charge is 0.481 e. The molecule has 0 saturated carbocycles. The van der Waals surface area contributed by atoms with Crippen LogP contribution >= 0.6 is 11.8 Å². The van der Waals surface area contributed by atoms with Crippen molar-refractivity contribution in [1.29, 1.82) is 0 Å². The van der Waals surface area contributed by atoms with Gasteiger partial charge >= 0.3 is 11.7 Å². The molecule has 1 aromatic heterocycles. The Bertz CT molecular complexity index is 680. The van der Waals surface area contributed by atoms with E-state index in [1.807, 2.05) is 0 Å². The second kappa shape index (κ2) is 6.17. The van der Waals surface area contributed by atoms with Crippen molar-refractivity contribution in [3.8, 4) is 0 Å². The van der Waals surface area contributed by atoms with Crippen LogP contribution in [0.3, 0.4) is 0 Å². The van der Waals surface area contributed by atoms with Crippen molar-refractivity contribution in [1.82, 2.24) is 14.5 Å². The highest BCUT2D eigenvalue weighted by molar-refractivity contribution is 7.99. The highest BCUT2D eigenvalue weighted by Gasteiger charge is 2.31. The van der Waals surface area contributed by atoms with E-state index in [0.29, 0.717) is 18.1 Å². The number of carboxylic acids is 1. The Kier molecular flexibility index (Phi) is 4.51. The van der Waals surface area contributed by atoms with Crippen molar-refractivity contribution >= 4 is 23.6 Å². The summed E-state index contributed by atoms with van der Waals surface area (Å²) in [5.74, 6) is -0.333. The lowest BCUT2D eigenvalue weighted by molar-refractivity contribution is -0.138. The first-order valence-electron chi connectivity index (χ1n) is 6.31. The van der Waals surface area contributed by atoms with E-state index in [4.69, 9.17) is 5.11 Å². The molecule has 0 spiro atoms. The Balaban J connectivity index is 2.33. The van der Waals surface area contributed by atoms with E-state index in [2.05, 4.69) is 4.98 Å². The zero-order valence-corrected chi connectivity index (χ0v) is 12.2. The average molecular weight is 313 g/mol. The van der Waals surface area contributed by atoms with Crippen LogP contribution < -0.4 is 11.2 Å². The van der Waals surface area contributed by atoms with Crippen molar-refractivity contribution in [3.05, 3.63) is 32.6 Å². The minimum atomic E-state index is -0.991. The van der Waals surface area contributed by atoms with Crippen LogP contribution in [0.25, 0.3) is 0 Å². The topological polar surface area (TPSA) is 112 Å². The number of rotatable bonds is 3. The predicted molar refractivity (Wildman–Crippen MR) is 76.7 cm³/mol. The maximum absolute atomic E-state index is 12.5. The van der Waals surface area contributed by atoms with E-state index in [9.17, 15) is 19.2 Å². The van der Waals surface area contributed by atoms with Gasteiger partial charge in [0.25, 0.3) is 11.5 Å². The molecule has 2 heterocycles.